The van der Waals surface area contributed by atoms with Gasteiger partial charge in [-0.05, 0) is 35.4 Å². The lowest BCUT2D eigenvalue weighted by Gasteiger charge is -2.27. The summed E-state index contributed by atoms with van der Waals surface area (Å²) in [6, 6.07) is 13.6. The van der Waals surface area contributed by atoms with E-state index in [-0.39, 0.29) is 11.6 Å². The smallest absolute Gasteiger partial charge is 0.123 e. The van der Waals surface area contributed by atoms with Crippen molar-refractivity contribution in [3.8, 4) is 0 Å². The molecule has 0 spiro atoms. The number of halogens is 2. The molecule has 152 valence electrons. The summed E-state index contributed by atoms with van der Waals surface area (Å²) < 4.78 is 25.5. The quantitative estimate of drug-likeness (QED) is 0.843. The third kappa shape index (κ3) is 7.28. The van der Waals surface area contributed by atoms with E-state index in [0.717, 1.165) is 71.0 Å². The van der Waals surface area contributed by atoms with Crippen LogP contribution in [0.5, 0.6) is 0 Å². The minimum atomic E-state index is -0.158. The van der Waals surface area contributed by atoms with Crippen molar-refractivity contribution in [2.45, 2.75) is 13.1 Å². The van der Waals surface area contributed by atoms with E-state index in [2.05, 4.69) is 20.4 Å². The number of benzene rings is 2. The molecule has 0 atom stereocenters. The number of nitrogens with one attached hydrogen (secondary N) is 2. The van der Waals surface area contributed by atoms with E-state index in [1.807, 2.05) is 18.2 Å². The molecule has 2 saturated heterocycles. The summed E-state index contributed by atoms with van der Waals surface area (Å²) in [7, 11) is 0. The fourth-order valence-electron chi connectivity index (χ4n) is 3.48. The molecular weight excluding hydrogens is 358 g/mol. The average molecular weight is 389 g/mol. The molecule has 4 nitrogen and oxygen atoms in total. The summed E-state index contributed by atoms with van der Waals surface area (Å²) in [5, 5.41) is 6.60. The topological polar surface area (TPSA) is 30.5 Å². The van der Waals surface area contributed by atoms with E-state index in [0.29, 0.717) is 0 Å². The van der Waals surface area contributed by atoms with Crippen molar-refractivity contribution < 1.29 is 8.78 Å². The second-order valence-electron chi connectivity index (χ2n) is 7.31. The van der Waals surface area contributed by atoms with Crippen molar-refractivity contribution in [2.75, 3.05) is 52.4 Å². The van der Waals surface area contributed by atoms with Crippen LogP contribution in [0.3, 0.4) is 0 Å². The molecule has 2 aliphatic heterocycles. The van der Waals surface area contributed by atoms with Gasteiger partial charge in [0, 0.05) is 65.4 Å². The van der Waals surface area contributed by atoms with Crippen LogP contribution in [0, 0.1) is 11.6 Å². The molecule has 2 heterocycles. The van der Waals surface area contributed by atoms with Gasteiger partial charge in [0.05, 0.1) is 0 Å². The lowest BCUT2D eigenvalue weighted by atomic mass is 10.2. The number of hydrogen-bond donors (Lipinski definition) is 2. The molecule has 0 amide bonds. The maximum absolute atomic E-state index is 12.9. The predicted molar refractivity (Wildman–Crippen MR) is 109 cm³/mol. The van der Waals surface area contributed by atoms with Gasteiger partial charge in [0.1, 0.15) is 11.6 Å². The van der Waals surface area contributed by atoms with Gasteiger partial charge >= 0.3 is 0 Å². The lowest BCUT2D eigenvalue weighted by molar-refractivity contribution is 0.233. The summed E-state index contributed by atoms with van der Waals surface area (Å²) in [6.07, 6.45) is 0. The standard InChI is InChI=1S/2C11H15FN2/c12-11-3-1-10(2-4-11)9-14-7-5-13-6-8-14;12-11-3-1-2-10(8-11)9-14-6-4-13-5-7-14/h1-4,13H,5-9H2;1-3,8,13H,4-7,9H2. The Kier molecular flexibility index (Phi) is 8.36. The van der Waals surface area contributed by atoms with Gasteiger partial charge < -0.3 is 10.6 Å². The molecule has 2 aromatic carbocycles. The molecule has 0 bridgehead atoms. The minimum absolute atomic E-state index is 0.141. The zero-order valence-electron chi connectivity index (χ0n) is 16.3. The first-order chi connectivity index (χ1) is 13.7. The van der Waals surface area contributed by atoms with E-state index < -0.39 is 0 Å². The SMILES string of the molecule is Fc1ccc(CN2CCNCC2)cc1.Fc1cccc(CN2CCNCC2)c1. The van der Waals surface area contributed by atoms with Crippen LogP contribution in [-0.2, 0) is 13.1 Å². The van der Waals surface area contributed by atoms with Crippen molar-refractivity contribution in [3.05, 3.63) is 71.3 Å². The molecule has 2 aliphatic rings. The molecule has 0 aliphatic carbocycles. The molecule has 6 heteroatoms. The highest BCUT2D eigenvalue weighted by atomic mass is 19.1. The monoisotopic (exact) mass is 388 g/mol. The van der Waals surface area contributed by atoms with Gasteiger partial charge in [0.25, 0.3) is 0 Å². The lowest BCUT2D eigenvalue weighted by Crippen LogP contribution is -2.42. The summed E-state index contributed by atoms with van der Waals surface area (Å²) in [4.78, 5) is 4.72. The maximum Gasteiger partial charge on any atom is 0.123 e. The molecule has 2 N–H and O–H groups in total. The molecule has 0 saturated carbocycles. The normalized spacial score (nSPS) is 18.4. The molecule has 4 rings (SSSR count). The Morgan fingerprint density at radius 2 is 1.18 bits per heavy atom. The van der Waals surface area contributed by atoms with Gasteiger partial charge in [-0.2, -0.15) is 0 Å². The first kappa shape index (κ1) is 20.9. The summed E-state index contributed by atoms with van der Waals surface area (Å²) in [5.74, 6) is -0.299. The second kappa shape index (κ2) is 11.2. The van der Waals surface area contributed by atoms with Gasteiger partial charge in [-0.3, -0.25) is 9.80 Å². The first-order valence-electron chi connectivity index (χ1n) is 10.0. The third-order valence-electron chi connectivity index (χ3n) is 5.03. The summed E-state index contributed by atoms with van der Waals surface area (Å²) in [5.41, 5.74) is 2.25. The minimum Gasteiger partial charge on any atom is -0.314 e. The van der Waals surface area contributed by atoms with E-state index >= 15 is 0 Å². The predicted octanol–water partition coefficient (Wildman–Crippen LogP) is 2.46. The second-order valence-corrected chi connectivity index (χ2v) is 7.31. The van der Waals surface area contributed by atoms with Crippen molar-refractivity contribution in [3.63, 3.8) is 0 Å². The number of rotatable bonds is 4. The van der Waals surface area contributed by atoms with Crippen LogP contribution >= 0.6 is 0 Å². The Labute approximate surface area is 166 Å². The average Bonchev–Trinajstić information content (AvgIpc) is 2.72. The van der Waals surface area contributed by atoms with Crippen molar-refractivity contribution >= 4 is 0 Å². The molecule has 0 radical (unpaired) electrons. The maximum atomic E-state index is 12.9. The van der Waals surface area contributed by atoms with Crippen LogP contribution in [0.4, 0.5) is 8.78 Å². The Morgan fingerprint density at radius 3 is 1.71 bits per heavy atom. The van der Waals surface area contributed by atoms with Gasteiger partial charge in [-0.25, -0.2) is 8.78 Å². The van der Waals surface area contributed by atoms with E-state index in [9.17, 15) is 8.78 Å². The van der Waals surface area contributed by atoms with E-state index in [1.54, 1.807) is 12.1 Å². The van der Waals surface area contributed by atoms with Gasteiger partial charge in [0.2, 0.25) is 0 Å². The number of hydrogen-bond acceptors (Lipinski definition) is 4. The molecule has 2 aromatic rings. The van der Waals surface area contributed by atoms with Crippen LogP contribution in [0.1, 0.15) is 11.1 Å². The summed E-state index contributed by atoms with van der Waals surface area (Å²) >= 11 is 0. The van der Waals surface area contributed by atoms with Gasteiger partial charge in [-0.1, -0.05) is 24.3 Å². The Bertz CT molecular complexity index is 696. The molecule has 0 unspecified atom stereocenters. The van der Waals surface area contributed by atoms with E-state index in [4.69, 9.17) is 0 Å². The highest BCUT2D eigenvalue weighted by Gasteiger charge is 2.10. The third-order valence-corrected chi connectivity index (χ3v) is 5.03. The van der Waals surface area contributed by atoms with Crippen molar-refractivity contribution in [1.82, 2.24) is 20.4 Å². The molecular formula is C22H30F2N4. The Balaban J connectivity index is 0.000000161. The Morgan fingerprint density at radius 1 is 0.643 bits per heavy atom. The number of piperazine rings is 2. The Hall–Kier alpha value is -1.86. The van der Waals surface area contributed by atoms with Crippen LogP contribution in [0.25, 0.3) is 0 Å². The number of nitrogens with zero attached hydrogens (tertiary/aromatic N) is 2. The zero-order chi connectivity index (χ0) is 19.6. The van der Waals surface area contributed by atoms with Crippen LogP contribution < -0.4 is 10.6 Å². The summed E-state index contributed by atoms with van der Waals surface area (Å²) in [6.45, 7) is 10.2. The van der Waals surface area contributed by atoms with Crippen molar-refractivity contribution in [1.29, 1.82) is 0 Å². The van der Waals surface area contributed by atoms with Crippen LogP contribution in [0.2, 0.25) is 0 Å². The highest BCUT2D eigenvalue weighted by Crippen LogP contribution is 2.08. The molecule has 0 aromatic heterocycles. The largest absolute Gasteiger partial charge is 0.314 e. The first-order valence-corrected chi connectivity index (χ1v) is 10.0. The highest BCUT2D eigenvalue weighted by molar-refractivity contribution is 5.16. The fraction of sp³-hybridized carbons (Fsp3) is 0.455. The fourth-order valence-corrected chi connectivity index (χ4v) is 3.48. The zero-order valence-corrected chi connectivity index (χ0v) is 16.3. The van der Waals surface area contributed by atoms with Crippen LogP contribution in [-0.4, -0.2) is 62.2 Å². The van der Waals surface area contributed by atoms with Gasteiger partial charge in [-0.15, -0.1) is 0 Å². The van der Waals surface area contributed by atoms with Gasteiger partial charge in [0.15, 0.2) is 0 Å². The molecule has 2 fully saturated rings. The molecule has 28 heavy (non-hydrogen) atoms. The van der Waals surface area contributed by atoms with Crippen LogP contribution in [0.15, 0.2) is 48.5 Å². The van der Waals surface area contributed by atoms with E-state index in [1.165, 1.54) is 23.8 Å². The van der Waals surface area contributed by atoms with Crippen molar-refractivity contribution in [2.24, 2.45) is 0 Å².